The molecule has 33 heavy (non-hydrogen) atoms. The highest BCUT2D eigenvalue weighted by atomic mass is 32.2. The highest BCUT2D eigenvalue weighted by molar-refractivity contribution is 7.99. The van der Waals surface area contributed by atoms with Gasteiger partial charge in [0.15, 0.2) is 0 Å². The molecule has 0 saturated carbocycles. The Labute approximate surface area is 201 Å². The number of nitrogens with one attached hydrogen (secondary N) is 1. The van der Waals surface area contributed by atoms with Crippen LogP contribution in [-0.2, 0) is 28.3 Å². The third-order valence-corrected chi connectivity index (χ3v) is 6.68. The maximum atomic E-state index is 13.5. The van der Waals surface area contributed by atoms with Crippen LogP contribution < -0.4 is 5.32 Å². The molecule has 0 heterocycles. The number of nitrogens with zero attached hydrogens (tertiary/aromatic N) is 1. The zero-order chi connectivity index (χ0) is 23.6. The predicted octanol–water partition coefficient (Wildman–Crippen LogP) is 4.92. The number of carbonyl (C=O) groups is 2. The fraction of sp³-hybridized carbons (Fsp3) is 0.286. The minimum Gasteiger partial charge on any atom is -0.357 e. The minimum atomic E-state index is -0.580. The first-order valence-corrected chi connectivity index (χ1v) is 12.4. The molecule has 3 rings (SSSR count). The third kappa shape index (κ3) is 7.22. The van der Waals surface area contributed by atoms with Gasteiger partial charge in [-0.15, -0.1) is 11.8 Å². The van der Waals surface area contributed by atoms with Gasteiger partial charge in [-0.2, -0.15) is 0 Å². The quantitative estimate of drug-likeness (QED) is 0.467. The van der Waals surface area contributed by atoms with E-state index >= 15 is 0 Å². The maximum absolute atomic E-state index is 13.5. The van der Waals surface area contributed by atoms with E-state index in [4.69, 9.17) is 0 Å². The molecule has 0 aliphatic heterocycles. The number of amides is 2. The number of hydrogen-bond donors (Lipinski definition) is 1. The van der Waals surface area contributed by atoms with Gasteiger partial charge in [0.1, 0.15) is 6.04 Å². The zero-order valence-corrected chi connectivity index (χ0v) is 20.4. The van der Waals surface area contributed by atoms with Crippen LogP contribution in [0.15, 0.2) is 78.9 Å². The SMILES string of the molecule is CNC(=O)[C@H](Cc1ccccc1)N(Cc1ccccc1C)C(=O)CSCc1cccc(C)c1. The molecule has 0 aliphatic rings. The number of likely N-dealkylation sites (N-methyl/N-ethyl adjacent to an activating group) is 1. The van der Waals surface area contributed by atoms with E-state index in [9.17, 15) is 9.59 Å². The van der Waals surface area contributed by atoms with Crippen molar-refractivity contribution in [2.75, 3.05) is 12.8 Å². The smallest absolute Gasteiger partial charge is 0.242 e. The number of carbonyl (C=O) groups excluding carboxylic acids is 2. The van der Waals surface area contributed by atoms with Crippen molar-refractivity contribution in [2.45, 2.75) is 38.6 Å². The van der Waals surface area contributed by atoms with Crippen LogP contribution >= 0.6 is 11.8 Å². The lowest BCUT2D eigenvalue weighted by atomic mass is 10.0. The zero-order valence-electron chi connectivity index (χ0n) is 19.6. The maximum Gasteiger partial charge on any atom is 0.242 e. The van der Waals surface area contributed by atoms with Crippen LogP contribution in [0.2, 0.25) is 0 Å². The summed E-state index contributed by atoms with van der Waals surface area (Å²) in [6.07, 6.45) is 0.473. The van der Waals surface area contributed by atoms with E-state index in [2.05, 4.69) is 30.4 Å². The van der Waals surface area contributed by atoms with Crippen molar-refractivity contribution in [1.29, 1.82) is 0 Å². The molecule has 0 saturated heterocycles. The van der Waals surface area contributed by atoms with Crippen molar-refractivity contribution in [2.24, 2.45) is 0 Å². The van der Waals surface area contributed by atoms with Gasteiger partial charge >= 0.3 is 0 Å². The molecular formula is C28H32N2O2S. The molecule has 3 aromatic carbocycles. The lowest BCUT2D eigenvalue weighted by molar-refractivity contribution is -0.139. The van der Waals surface area contributed by atoms with Crippen molar-refractivity contribution in [1.82, 2.24) is 10.2 Å². The van der Waals surface area contributed by atoms with Gasteiger partial charge in [0.25, 0.3) is 0 Å². The number of hydrogen-bond acceptors (Lipinski definition) is 3. The first-order chi connectivity index (χ1) is 16.0. The van der Waals surface area contributed by atoms with Gasteiger partial charge in [-0.25, -0.2) is 0 Å². The van der Waals surface area contributed by atoms with E-state index in [-0.39, 0.29) is 11.8 Å². The van der Waals surface area contributed by atoms with E-state index in [1.807, 2.05) is 67.6 Å². The molecule has 1 N–H and O–H groups in total. The fourth-order valence-electron chi connectivity index (χ4n) is 3.83. The Hall–Kier alpha value is -3.05. The Kier molecular flexibility index (Phi) is 9.14. The molecule has 3 aromatic rings. The van der Waals surface area contributed by atoms with E-state index in [0.29, 0.717) is 18.7 Å². The summed E-state index contributed by atoms with van der Waals surface area (Å²) in [5.74, 6) is 0.904. The van der Waals surface area contributed by atoms with Gasteiger partial charge in [-0.1, -0.05) is 84.4 Å². The molecule has 0 spiro atoms. The average molecular weight is 461 g/mol. The second-order valence-corrected chi connectivity index (χ2v) is 9.24. The molecule has 0 fully saturated rings. The average Bonchev–Trinajstić information content (AvgIpc) is 2.82. The number of benzene rings is 3. The Morgan fingerprint density at radius 2 is 1.61 bits per heavy atom. The van der Waals surface area contributed by atoms with Gasteiger partial charge in [0, 0.05) is 25.8 Å². The molecular weight excluding hydrogens is 428 g/mol. The Balaban J connectivity index is 1.82. The molecule has 4 nitrogen and oxygen atoms in total. The molecule has 0 unspecified atom stereocenters. The van der Waals surface area contributed by atoms with E-state index < -0.39 is 6.04 Å². The lowest BCUT2D eigenvalue weighted by Gasteiger charge is -2.31. The van der Waals surface area contributed by atoms with Gasteiger partial charge in [0.2, 0.25) is 11.8 Å². The normalized spacial score (nSPS) is 11.6. The fourth-order valence-corrected chi connectivity index (χ4v) is 4.69. The summed E-state index contributed by atoms with van der Waals surface area (Å²) in [6, 6.07) is 25.7. The third-order valence-electron chi connectivity index (χ3n) is 5.70. The van der Waals surface area contributed by atoms with Gasteiger partial charge in [-0.3, -0.25) is 9.59 Å². The van der Waals surface area contributed by atoms with E-state index in [1.54, 1.807) is 23.7 Å². The minimum absolute atomic E-state index is 0.0274. The highest BCUT2D eigenvalue weighted by Gasteiger charge is 2.29. The van der Waals surface area contributed by atoms with Crippen molar-refractivity contribution in [3.8, 4) is 0 Å². The van der Waals surface area contributed by atoms with Crippen LogP contribution in [0.3, 0.4) is 0 Å². The van der Waals surface area contributed by atoms with Crippen molar-refractivity contribution in [3.63, 3.8) is 0 Å². The molecule has 0 aliphatic carbocycles. The summed E-state index contributed by atoms with van der Waals surface area (Å²) >= 11 is 1.59. The van der Waals surface area contributed by atoms with Crippen molar-refractivity contribution >= 4 is 23.6 Å². The number of aryl methyl sites for hydroxylation is 2. The first-order valence-electron chi connectivity index (χ1n) is 11.2. The van der Waals surface area contributed by atoms with E-state index in [1.165, 1.54) is 11.1 Å². The van der Waals surface area contributed by atoms with Crippen LogP contribution in [0.1, 0.15) is 27.8 Å². The van der Waals surface area contributed by atoms with Crippen LogP contribution in [0.5, 0.6) is 0 Å². The van der Waals surface area contributed by atoms with Gasteiger partial charge < -0.3 is 10.2 Å². The van der Waals surface area contributed by atoms with Crippen LogP contribution in [0.4, 0.5) is 0 Å². The number of rotatable bonds is 10. The molecule has 5 heteroatoms. The molecule has 172 valence electrons. The van der Waals surface area contributed by atoms with Crippen LogP contribution in [0, 0.1) is 13.8 Å². The van der Waals surface area contributed by atoms with Crippen molar-refractivity contribution < 1.29 is 9.59 Å². The lowest BCUT2D eigenvalue weighted by Crippen LogP contribution is -2.50. The number of thioether (sulfide) groups is 1. The molecule has 0 bridgehead atoms. The van der Waals surface area contributed by atoms with Gasteiger partial charge in [-0.05, 0) is 36.1 Å². The van der Waals surface area contributed by atoms with Crippen LogP contribution in [-0.4, -0.2) is 35.6 Å². The Bertz CT molecular complexity index is 1070. The molecule has 0 radical (unpaired) electrons. The van der Waals surface area contributed by atoms with Gasteiger partial charge in [0.05, 0.1) is 5.75 Å². The second kappa shape index (κ2) is 12.3. The molecule has 2 amide bonds. The first kappa shape index (κ1) is 24.6. The molecule has 1 atom stereocenters. The second-order valence-electron chi connectivity index (χ2n) is 8.25. The Morgan fingerprint density at radius 1 is 0.909 bits per heavy atom. The van der Waals surface area contributed by atoms with Crippen LogP contribution in [0.25, 0.3) is 0 Å². The predicted molar refractivity (Wildman–Crippen MR) is 137 cm³/mol. The summed E-state index contributed by atoms with van der Waals surface area (Å²) in [6.45, 7) is 4.51. The van der Waals surface area contributed by atoms with Crippen molar-refractivity contribution in [3.05, 3.63) is 107 Å². The summed E-state index contributed by atoms with van der Waals surface area (Å²) in [5.41, 5.74) is 5.60. The summed E-state index contributed by atoms with van der Waals surface area (Å²) in [7, 11) is 1.63. The largest absolute Gasteiger partial charge is 0.357 e. The standard InChI is InChI=1S/C28H32N2O2S/c1-21-10-9-14-24(16-21)19-33-20-27(31)30(18-25-15-8-7-11-22(25)2)26(28(32)29-3)17-23-12-5-4-6-13-23/h4-16,26H,17-20H2,1-3H3,(H,29,32)/t26-/m0/s1. The topological polar surface area (TPSA) is 49.4 Å². The summed E-state index contributed by atoms with van der Waals surface area (Å²) in [5, 5.41) is 2.77. The summed E-state index contributed by atoms with van der Waals surface area (Å²) < 4.78 is 0. The Morgan fingerprint density at radius 3 is 2.30 bits per heavy atom. The highest BCUT2D eigenvalue weighted by Crippen LogP contribution is 2.20. The monoisotopic (exact) mass is 460 g/mol. The molecule has 0 aromatic heterocycles. The summed E-state index contributed by atoms with van der Waals surface area (Å²) in [4.78, 5) is 28.2. The van der Waals surface area contributed by atoms with E-state index in [0.717, 1.165) is 22.4 Å².